The van der Waals surface area contributed by atoms with Gasteiger partial charge in [-0.2, -0.15) is 0 Å². The molecule has 1 amide bonds. The molecule has 0 bridgehead atoms. The molecule has 0 fully saturated rings. The van der Waals surface area contributed by atoms with Gasteiger partial charge in [-0.05, 0) is 61.4 Å². The van der Waals surface area contributed by atoms with Crippen LogP contribution in [0.25, 0.3) is 0 Å². The zero-order valence-electron chi connectivity index (χ0n) is 16.4. The zero-order valence-corrected chi connectivity index (χ0v) is 16.4. The Morgan fingerprint density at radius 1 is 1.25 bits per heavy atom. The number of hydrogen-bond donors (Lipinski definition) is 1. The van der Waals surface area contributed by atoms with Gasteiger partial charge in [-0.25, -0.2) is 9.59 Å². The lowest BCUT2D eigenvalue weighted by Gasteiger charge is -2.28. The van der Waals surface area contributed by atoms with E-state index in [4.69, 9.17) is 9.84 Å². The Morgan fingerprint density at radius 3 is 2.04 bits per heavy atom. The molecular weight excluding hydrogens is 308 g/mol. The molecule has 1 atom stereocenters. The molecule has 1 heterocycles. The number of rotatable bonds is 4. The molecule has 0 aromatic heterocycles. The van der Waals surface area contributed by atoms with Crippen molar-refractivity contribution in [2.24, 2.45) is 0 Å². The molecule has 0 aromatic rings. The van der Waals surface area contributed by atoms with Gasteiger partial charge in [0.15, 0.2) is 0 Å². The van der Waals surface area contributed by atoms with Gasteiger partial charge in [-0.15, -0.1) is 0 Å². The lowest BCUT2D eigenvalue weighted by molar-refractivity contribution is -0.141. The van der Waals surface area contributed by atoms with Gasteiger partial charge in [0.1, 0.15) is 11.6 Å². The second kappa shape index (κ2) is 9.67. The van der Waals surface area contributed by atoms with Crippen molar-refractivity contribution in [3.63, 3.8) is 0 Å². The minimum atomic E-state index is -1.02. The Balaban J connectivity index is 0.000000506. The summed E-state index contributed by atoms with van der Waals surface area (Å²) in [6.45, 7) is 17.5. The van der Waals surface area contributed by atoms with Gasteiger partial charge in [0.25, 0.3) is 0 Å². The maximum atomic E-state index is 11.6. The summed E-state index contributed by atoms with van der Waals surface area (Å²) in [5, 5.41) is 8.84. The Kier molecular flexibility index (Phi) is 9.04. The molecule has 0 spiro atoms. The molecule has 0 saturated heterocycles. The first-order chi connectivity index (χ1) is 10.9. The van der Waals surface area contributed by atoms with Crippen molar-refractivity contribution in [3.8, 4) is 0 Å². The number of carboxylic acids is 1. The first-order valence-electron chi connectivity index (χ1n) is 8.57. The zero-order chi connectivity index (χ0) is 19.1. The van der Waals surface area contributed by atoms with Gasteiger partial charge in [0, 0.05) is 18.3 Å². The smallest absolute Gasteiger partial charge is 0.415 e. The monoisotopic (exact) mass is 342 g/mol. The van der Waals surface area contributed by atoms with Crippen LogP contribution in [0.2, 0.25) is 0 Å². The molecule has 6 nitrogen and oxygen atoms in total. The minimum absolute atomic E-state index is 0.328. The summed E-state index contributed by atoms with van der Waals surface area (Å²) in [6.07, 6.45) is 2.80. The van der Waals surface area contributed by atoms with Crippen LogP contribution in [-0.2, 0) is 9.53 Å². The molecule has 6 heteroatoms. The van der Waals surface area contributed by atoms with Crippen molar-refractivity contribution in [2.75, 3.05) is 6.54 Å². The van der Waals surface area contributed by atoms with E-state index in [1.54, 1.807) is 26.8 Å². The molecule has 140 valence electrons. The minimum Gasteiger partial charge on any atom is -0.480 e. The third-order valence-corrected chi connectivity index (χ3v) is 3.54. The van der Waals surface area contributed by atoms with Crippen molar-refractivity contribution in [2.45, 2.75) is 85.5 Å². The molecule has 0 aromatic carbocycles. The standard InChI is InChI=1S/C10H15NO4.C8H19N/c1-10(2,3)15-9(14)11-6-4-5-7(11)8(12)13;1-6-9(7(2)3)8(4)5/h4,6-7H,5H2,1-3H3,(H,12,13);7-8H,6H2,1-5H3/t7-;/m0./s1. The predicted octanol–water partition coefficient (Wildman–Crippen LogP) is 3.72. The van der Waals surface area contributed by atoms with Crippen LogP contribution in [0.4, 0.5) is 4.79 Å². The molecule has 24 heavy (non-hydrogen) atoms. The van der Waals surface area contributed by atoms with Gasteiger partial charge in [-0.1, -0.05) is 13.0 Å². The molecular formula is C18H34N2O4. The van der Waals surface area contributed by atoms with E-state index in [0.717, 1.165) is 11.4 Å². The van der Waals surface area contributed by atoms with E-state index in [1.165, 1.54) is 6.20 Å². The average molecular weight is 342 g/mol. The van der Waals surface area contributed by atoms with Crippen LogP contribution in [0.15, 0.2) is 12.3 Å². The van der Waals surface area contributed by atoms with Crippen molar-refractivity contribution >= 4 is 12.1 Å². The van der Waals surface area contributed by atoms with Crippen LogP contribution in [0.3, 0.4) is 0 Å². The summed E-state index contributed by atoms with van der Waals surface area (Å²) in [6, 6.07) is 0.546. The molecule has 1 aliphatic heterocycles. The van der Waals surface area contributed by atoms with E-state index < -0.39 is 23.7 Å². The highest BCUT2D eigenvalue weighted by atomic mass is 16.6. The van der Waals surface area contributed by atoms with Crippen LogP contribution in [0.5, 0.6) is 0 Å². The number of hydrogen-bond acceptors (Lipinski definition) is 4. The Bertz CT molecular complexity index is 431. The van der Waals surface area contributed by atoms with E-state index in [0.29, 0.717) is 18.5 Å². The number of ether oxygens (including phenoxy) is 1. The number of carbonyl (C=O) groups is 2. The summed E-state index contributed by atoms with van der Waals surface area (Å²) in [4.78, 5) is 25.9. The first-order valence-corrected chi connectivity index (χ1v) is 8.57. The lowest BCUT2D eigenvalue weighted by Crippen LogP contribution is -2.41. The highest BCUT2D eigenvalue weighted by Gasteiger charge is 2.33. The molecule has 1 rings (SSSR count). The highest BCUT2D eigenvalue weighted by Crippen LogP contribution is 2.18. The molecule has 0 radical (unpaired) electrons. The number of aliphatic carboxylic acids is 1. The summed E-state index contributed by atoms with van der Waals surface area (Å²) in [5.74, 6) is -1.02. The number of nitrogens with zero attached hydrogens (tertiary/aromatic N) is 2. The fourth-order valence-corrected chi connectivity index (χ4v) is 2.57. The Morgan fingerprint density at radius 2 is 1.75 bits per heavy atom. The quantitative estimate of drug-likeness (QED) is 0.843. The van der Waals surface area contributed by atoms with Crippen LogP contribution >= 0.6 is 0 Å². The molecule has 0 saturated carbocycles. The summed E-state index contributed by atoms with van der Waals surface area (Å²) in [5.41, 5.74) is -0.615. The van der Waals surface area contributed by atoms with E-state index in [1.807, 2.05) is 0 Å². The van der Waals surface area contributed by atoms with E-state index in [2.05, 4.69) is 39.5 Å². The molecule has 0 aliphatic carbocycles. The van der Waals surface area contributed by atoms with Crippen molar-refractivity contribution in [3.05, 3.63) is 12.3 Å². The van der Waals surface area contributed by atoms with E-state index in [9.17, 15) is 9.59 Å². The highest BCUT2D eigenvalue weighted by molar-refractivity contribution is 5.82. The van der Waals surface area contributed by atoms with Gasteiger partial charge < -0.3 is 9.84 Å². The summed E-state index contributed by atoms with van der Waals surface area (Å²) < 4.78 is 5.07. The van der Waals surface area contributed by atoms with Crippen LogP contribution < -0.4 is 0 Å². The largest absolute Gasteiger partial charge is 0.480 e. The fraction of sp³-hybridized carbons (Fsp3) is 0.778. The second-order valence-electron chi connectivity index (χ2n) is 7.38. The lowest BCUT2D eigenvalue weighted by atomic mass is 10.2. The number of carboxylic acid groups (broad SMARTS) is 1. The average Bonchev–Trinajstić information content (AvgIpc) is 2.86. The fourth-order valence-electron chi connectivity index (χ4n) is 2.57. The van der Waals surface area contributed by atoms with E-state index in [-0.39, 0.29) is 0 Å². The Labute approximate surface area is 146 Å². The van der Waals surface area contributed by atoms with Gasteiger partial charge in [0.05, 0.1) is 0 Å². The molecule has 1 N–H and O–H groups in total. The van der Waals surface area contributed by atoms with Crippen molar-refractivity contribution < 1.29 is 19.4 Å². The summed E-state index contributed by atoms with van der Waals surface area (Å²) >= 11 is 0. The Hall–Kier alpha value is -1.56. The summed E-state index contributed by atoms with van der Waals surface area (Å²) in [7, 11) is 0. The third kappa shape index (κ3) is 7.81. The maximum absolute atomic E-state index is 11.6. The topological polar surface area (TPSA) is 70.1 Å². The molecule has 1 aliphatic rings. The van der Waals surface area contributed by atoms with Crippen molar-refractivity contribution in [1.29, 1.82) is 0 Å². The number of amides is 1. The van der Waals surface area contributed by atoms with Crippen LogP contribution in [-0.4, -0.2) is 57.2 Å². The maximum Gasteiger partial charge on any atom is 0.415 e. The normalized spacial score (nSPS) is 17.3. The van der Waals surface area contributed by atoms with E-state index >= 15 is 0 Å². The van der Waals surface area contributed by atoms with Crippen molar-refractivity contribution in [1.82, 2.24) is 9.80 Å². The van der Waals surface area contributed by atoms with Crippen LogP contribution in [0, 0.1) is 0 Å². The second-order valence-corrected chi connectivity index (χ2v) is 7.38. The SMILES string of the molecule is CC(C)(C)OC(=O)N1C=CC[C@H]1C(=O)O.CCN(C(C)C)C(C)C. The first kappa shape index (κ1) is 22.4. The molecule has 0 unspecified atom stereocenters. The van der Waals surface area contributed by atoms with Gasteiger partial charge >= 0.3 is 12.1 Å². The van der Waals surface area contributed by atoms with Gasteiger partial charge in [-0.3, -0.25) is 9.80 Å². The predicted molar refractivity (Wildman–Crippen MR) is 95.9 cm³/mol. The van der Waals surface area contributed by atoms with Crippen LogP contribution in [0.1, 0.15) is 61.8 Å². The van der Waals surface area contributed by atoms with Gasteiger partial charge in [0.2, 0.25) is 0 Å². The number of carbonyl (C=O) groups excluding carboxylic acids is 1. The third-order valence-electron chi connectivity index (χ3n) is 3.54.